The third-order valence-electron chi connectivity index (χ3n) is 2.83. The summed E-state index contributed by atoms with van der Waals surface area (Å²) < 4.78 is 65.5. The van der Waals surface area contributed by atoms with Gasteiger partial charge in [-0.25, -0.2) is 27.4 Å². The molecule has 0 fully saturated rings. The molecule has 0 unspecified atom stereocenters. The van der Waals surface area contributed by atoms with Crippen molar-refractivity contribution in [1.29, 1.82) is 0 Å². The quantitative estimate of drug-likeness (QED) is 0.303. The van der Waals surface area contributed by atoms with Crippen LogP contribution in [0.5, 0.6) is 0 Å². The number of nitrogens with zero attached hydrogens (tertiary/aromatic N) is 1. The number of rotatable bonds is 4. The van der Waals surface area contributed by atoms with Crippen molar-refractivity contribution in [3.8, 4) is 0 Å². The molecule has 2 rings (SSSR count). The Labute approximate surface area is 127 Å². The van der Waals surface area contributed by atoms with Crippen LogP contribution in [0.4, 0.5) is 22.0 Å². The molecule has 0 saturated carbocycles. The second-order valence-corrected chi connectivity index (χ2v) is 4.44. The summed E-state index contributed by atoms with van der Waals surface area (Å²) >= 11 is 0. The second-order valence-electron chi connectivity index (χ2n) is 4.44. The summed E-state index contributed by atoms with van der Waals surface area (Å²) in [5.41, 5.74) is 1.37. The van der Waals surface area contributed by atoms with Crippen LogP contribution in [-0.2, 0) is 11.2 Å². The molecule has 120 valence electrons. The Morgan fingerprint density at radius 1 is 0.913 bits per heavy atom. The first-order valence-corrected chi connectivity index (χ1v) is 6.29. The van der Waals surface area contributed by atoms with Crippen molar-refractivity contribution >= 4 is 12.1 Å². The molecule has 0 aromatic heterocycles. The lowest BCUT2D eigenvalue weighted by molar-refractivity contribution is -0.120. The number of hydrogen-bond acceptors (Lipinski definition) is 2. The van der Waals surface area contributed by atoms with Crippen molar-refractivity contribution in [1.82, 2.24) is 5.43 Å². The largest absolute Gasteiger partial charge is 0.273 e. The zero-order valence-corrected chi connectivity index (χ0v) is 11.4. The molecule has 23 heavy (non-hydrogen) atoms. The number of benzene rings is 2. The smallest absolute Gasteiger partial charge is 0.244 e. The van der Waals surface area contributed by atoms with Crippen molar-refractivity contribution in [3.05, 3.63) is 70.5 Å². The lowest BCUT2D eigenvalue weighted by Gasteiger charge is -2.04. The van der Waals surface area contributed by atoms with Gasteiger partial charge in [-0.1, -0.05) is 30.3 Å². The van der Waals surface area contributed by atoms with Crippen LogP contribution in [0.25, 0.3) is 0 Å². The molecule has 1 N–H and O–H groups in total. The standard InChI is InChI=1S/C15H9F5N2O/c16-11-9(12(17)14(19)15(20)13(11)18)7-21-22-10(23)6-8-4-2-1-3-5-8/h1-5,7H,6H2,(H,22,23)/b21-7-. The fraction of sp³-hybridized carbons (Fsp3) is 0.0667. The third kappa shape index (κ3) is 3.71. The molecule has 0 heterocycles. The molecule has 8 heteroatoms. The number of halogens is 5. The number of nitrogens with one attached hydrogen (secondary N) is 1. The van der Waals surface area contributed by atoms with Gasteiger partial charge in [-0.3, -0.25) is 4.79 Å². The zero-order valence-electron chi connectivity index (χ0n) is 11.4. The molecule has 1 amide bonds. The van der Waals surface area contributed by atoms with Gasteiger partial charge in [-0.2, -0.15) is 5.10 Å². The number of carbonyl (C=O) groups excluding carboxylic acids is 1. The molecule has 0 aliphatic carbocycles. The number of carbonyl (C=O) groups is 1. The van der Waals surface area contributed by atoms with Crippen LogP contribution < -0.4 is 5.43 Å². The van der Waals surface area contributed by atoms with Gasteiger partial charge in [0.2, 0.25) is 11.7 Å². The Morgan fingerprint density at radius 3 is 2.00 bits per heavy atom. The molecule has 0 aliphatic rings. The van der Waals surface area contributed by atoms with Crippen LogP contribution in [0.15, 0.2) is 35.4 Å². The monoisotopic (exact) mass is 328 g/mol. The predicted molar refractivity (Wildman–Crippen MR) is 72.1 cm³/mol. The minimum absolute atomic E-state index is 0.0602. The van der Waals surface area contributed by atoms with E-state index in [1.54, 1.807) is 30.3 Å². The van der Waals surface area contributed by atoms with Gasteiger partial charge < -0.3 is 0 Å². The molecule has 0 atom stereocenters. The normalized spacial score (nSPS) is 11.0. The zero-order chi connectivity index (χ0) is 17.0. The predicted octanol–water partition coefficient (Wildman–Crippen LogP) is 3.07. The Balaban J connectivity index is 2.11. The summed E-state index contributed by atoms with van der Waals surface area (Å²) in [5, 5.41) is 3.21. The van der Waals surface area contributed by atoms with E-state index in [1.807, 2.05) is 5.43 Å². The van der Waals surface area contributed by atoms with E-state index in [-0.39, 0.29) is 6.42 Å². The summed E-state index contributed by atoms with van der Waals surface area (Å²) in [6.45, 7) is 0. The second kappa shape index (κ2) is 6.99. The van der Waals surface area contributed by atoms with Crippen molar-refractivity contribution in [2.45, 2.75) is 6.42 Å². The van der Waals surface area contributed by atoms with E-state index in [4.69, 9.17) is 0 Å². The summed E-state index contributed by atoms with van der Waals surface area (Å²) in [4.78, 5) is 11.5. The summed E-state index contributed by atoms with van der Waals surface area (Å²) in [6.07, 6.45) is 0.300. The Bertz CT molecular complexity index is 733. The molecular formula is C15H9F5N2O. The van der Waals surface area contributed by atoms with Crippen LogP contribution in [0.1, 0.15) is 11.1 Å². The van der Waals surface area contributed by atoms with E-state index in [0.29, 0.717) is 11.8 Å². The van der Waals surface area contributed by atoms with E-state index in [2.05, 4.69) is 5.10 Å². The van der Waals surface area contributed by atoms with Gasteiger partial charge in [0.1, 0.15) is 0 Å². The molecule has 0 saturated heterocycles. The van der Waals surface area contributed by atoms with Crippen LogP contribution in [-0.4, -0.2) is 12.1 Å². The molecule has 0 bridgehead atoms. The van der Waals surface area contributed by atoms with E-state index in [9.17, 15) is 26.7 Å². The first-order chi connectivity index (χ1) is 10.9. The maximum Gasteiger partial charge on any atom is 0.244 e. The fourth-order valence-electron chi connectivity index (χ4n) is 1.72. The van der Waals surface area contributed by atoms with E-state index in [1.165, 1.54) is 0 Å². The first-order valence-electron chi connectivity index (χ1n) is 6.29. The molecule has 2 aromatic rings. The van der Waals surface area contributed by atoms with Crippen LogP contribution in [0.2, 0.25) is 0 Å². The maximum atomic E-state index is 13.3. The highest BCUT2D eigenvalue weighted by atomic mass is 19.2. The molecule has 3 nitrogen and oxygen atoms in total. The van der Waals surface area contributed by atoms with Crippen LogP contribution in [0.3, 0.4) is 0 Å². The third-order valence-corrected chi connectivity index (χ3v) is 2.83. The summed E-state index contributed by atoms with van der Waals surface area (Å²) in [5.74, 6) is -11.1. The van der Waals surface area contributed by atoms with Gasteiger partial charge in [0.15, 0.2) is 23.3 Å². The molecule has 0 spiro atoms. The molecule has 0 radical (unpaired) electrons. The van der Waals surface area contributed by atoms with Crippen molar-refractivity contribution in [2.24, 2.45) is 5.10 Å². The lowest BCUT2D eigenvalue weighted by atomic mass is 10.1. The van der Waals surface area contributed by atoms with Gasteiger partial charge in [0.05, 0.1) is 18.2 Å². The summed E-state index contributed by atoms with van der Waals surface area (Å²) in [7, 11) is 0. The highest BCUT2D eigenvalue weighted by molar-refractivity contribution is 5.83. The number of hydrogen-bond donors (Lipinski definition) is 1. The Hall–Kier alpha value is -2.77. The molecular weight excluding hydrogens is 319 g/mol. The van der Waals surface area contributed by atoms with E-state index in [0.717, 1.165) is 0 Å². The molecule has 2 aromatic carbocycles. The highest BCUT2D eigenvalue weighted by Crippen LogP contribution is 2.21. The van der Waals surface area contributed by atoms with Crippen LogP contribution >= 0.6 is 0 Å². The number of hydrazone groups is 1. The van der Waals surface area contributed by atoms with Crippen molar-refractivity contribution in [3.63, 3.8) is 0 Å². The van der Waals surface area contributed by atoms with Gasteiger partial charge in [-0.15, -0.1) is 0 Å². The fourth-order valence-corrected chi connectivity index (χ4v) is 1.72. The highest BCUT2D eigenvalue weighted by Gasteiger charge is 2.24. The average molecular weight is 328 g/mol. The topological polar surface area (TPSA) is 41.5 Å². The Kier molecular flexibility index (Phi) is 5.05. The van der Waals surface area contributed by atoms with E-state index >= 15 is 0 Å². The minimum Gasteiger partial charge on any atom is -0.273 e. The Morgan fingerprint density at radius 2 is 1.43 bits per heavy atom. The van der Waals surface area contributed by atoms with Gasteiger partial charge in [0.25, 0.3) is 0 Å². The number of amides is 1. The molecule has 0 aliphatic heterocycles. The van der Waals surface area contributed by atoms with Crippen molar-refractivity contribution < 1.29 is 26.7 Å². The SMILES string of the molecule is O=C(Cc1ccccc1)N/N=C\c1c(F)c(F)c(F)c(F)c1F. The minimum atomic E-state index is -2.26. The maximum absolute atomic E-state index is 13.3. The lowest BCUT2D eigenvalue weighted by Crippen LogP contribution is -2.20. The average Bonchev–Trinajstić information content (AvgIpc) is 2.55. The first kappa shape index (κ1) is 16.6. The van der Waals surface area contributed by atoms with Gasteiger partial charge >= 0.3 is 0 Å². The van der Waals surface area contributed by atoms with E-state index < -0.39 is 40.6 Å². The summed E-state index contributed by atoms with van der Waals surface area (Å²) in [6, 6.07) is 8.52. The van der Waals surface area contributed by atoms with Crippen LogP contribution in [0, 0.1) is 29.1 Å². The van der Waals surface area contributed by atoms with Gasteiger partial charge in [-0.05, 0) is 5.56 Å². The van der Waals surface area contributed by atoms with Gasteiger partial charge in [0, 0.05) is 0 Å². The van der Waals surface area contributed by atoms with Crippen molar-refractivity contribution in [2.75, 3.05) is 0 Å².